The lowest BCUT2D eigenvalue weighted by atomic mass is 10.1. The zero-order valence-electron chi connectivity index (χ0n) is 12.9. The second kappa shape index (κ2) is 7.47. The smallest absolute Gasteiger partial charge is 0.244 e. The predicted octanol–water partition coefficient (Wildman–Crippen LogP) is 4.84. The average Bonchev–Trinajstić information content (AvgIpc) is 2.59. The summed E-state index contributed by atoms with van der Waals surface area (Å²) in [7, 11) is 0. The van der Waals surface area contributed by atoms with Gasteiger partial charge in [0.2, 0.25) is 5.95 Å². The summed E-state index contributed by atoms with van der Waals surface area (Å²) >= 11 is 12.2. The van der Waals surface area contributed by atoms with E-state index in [-0.39, 0.29) is 0 Å². The summed E-state index contributed by atoms with van der Waals surface area (Å²) in [6, 6.07) is 13.6. The number of benzene rings is 2. The Morgan fingerprint density at radius 3 is 2.62 bits per heavy atom. The average molecular weight is 360 g/mol. The van der Waals surface area contributed by atoms with Crippen LogP contribution in [0.25, 0.3) is 0 Å². The Kier molecular flexibility index (Phi) is 5.13. The molecule has 122 valence electrons. The van der Waals surface area contributed by atoms with Crippen LogP contribution in [-0.4, -0.2) is 15.2 Å². The van der Waals surface area contributed by atoms with E-state index in [2.05, 4.69) is 57.0 Å². The van der Waals surface area contributed by atoms with Gasteiger partial charge in [0.1, 0.15) is 0 Å². The van der Waals surface area contributed by atoms with Crippen LogP contribution in [0.4, 0.5) is 17.5 Å². The first-order chi connectivity index (χ1) is 11.6. The van der Waals surface area contributed by atoms with Crippen molar-refractivity contribution in [2.75, 3.05) is 10.6 Å². The highest BCUT2D eigenvalue weighted by atomic mass is 35.5. The number of nitrogens with zero attached hydrogens (tertiary/aromatic N) is 3. The van der Waals surface area contributed by atoms with Gasteiger partial charge in [-0.15, -0.1) is 5.10 Å². The highest BCUT2D eigenvalue weighted by Crippen LogP contribution is 2.31. The molecule has 0 aliphatic rings. The molecule has 1 heterocycles. The first-order valence-corrected chi connectivity index (χ1v) is 8.07. The molecule has 1 aromatic heterocycles. The number of nitrogens with one attached hydrogen (secondary N) is 2. The molecule has 0 atom stereocenters. The Hall–Kier alpha value is -2.37. The van der Waals surface area contributed by atoms with Gasteiger partial charge in [0.25, 0.3) is 0 Å². The molecule has 0 fully saturated rings. The summed E-state index contributed by atoms with van der Waals surface area (Å²) < 4.78 is 0. The van der Waals surface area contributed by atoms with Crippen molar-refractivity contribution in [2.24, 2.45) is 0 Å². The van der Waals surface area contributed by atoms with E-state index in [9.17, 15) is 0 Å². The number of hydrogen-bond acceptors (Lipinski definition) is 5. The molecule has 3 rings (SSSR count). The minimum absolute atomic E-state index is 0.429. The van der Waals surface area contributed by atoms with Crippen LogP contribution in [0.5, 0.6) is 0 Å². The largest absolute Gasteiger partial charge is 0.349 e. The predicted molar refractivity (Wildman–Crippen MR) is 98.1 cm³/mol. The van der Waals surface area contributed by atoms with Gasteiger partial charge >= 0.3 is 0 Å². The summed E-state index contributed by atoms with van der Waals surface area (Å²) in [4.78, 5) is 4.37. The number of halogens is 2. The molecule has 0 amide bonds. The summed E-state index contributed by atoms with van der Waals surface area (Å²) in [5, 5.41) is 15.1. The molecule has 0 aliphatic heterocycles. The van der Waals surface area contributed by atoms with Crippen molar-refractivity contribution in [2.45, 2.75) is 13.5 Å². The molecular formula is C17H15Cl2N5. The van der Waals surface area contributed by atoms with Crippen LogP contribution in [0.3, 0.4) is 0 Å². The minimum Gasteiger partial charge on any atom is -0.349 e. The van der Waals surface area contributed by atoms with Gasteiger partial charge in [-0.05, 0) is 24.6 Å². The molecule has 0 saturated carbocycles. The maximum absolute atomic E-state index is 6.16. The van der Waals surface area contributed by atoms with Crippen molar-refractivity contribution < 1.29 is 0 Å². The van der Waals surface area contributed by atoms with E-state index < -0.39 is 0 Å². The quantitative estimate of drug-likeness (QED) is 0.682. The lowest BCUT2D eigenvalue weighted by Gasteiger charge is -2.09. The van der Waals surface area contributed by atoms with Gasteiger partial charge in [-0.2, -0.15) is 10.1 Å². The Bertz CT molecular complexity index is 837. The fourth-order valence-electron chi connectivity index (χ4n) is 2.06. The van der Waals surface area contributed by atoms with Gasteiger partial charge in [0.15, 0.2) is 5.82 Å². The second-order valence-corrected chi connectivity index (χ2v) is 6.02. The molecule has 0 aliphatic carbocycles. The molecule has 2 N–H and O–H groups in total. The molecule has 7 heteroatoms. The van der Waals surface area contributed by atoms with Gasteiger partial charge in [-0.25, -0.2) is 0 Å². The van der Waals surface area contributed by atoms with Crippen LogP contribution < -0.4 is 10.6 Å². The van der Waals surface area contributed by atoms with E-state index in [0.29, 0.717) is 34.0 Å². The Labute approximate surface area is 150 Å². The van der Waals surface area contributed by atoms with Crippen molar-refractivity contribution >= 4 is 40.7 Å². The SMILES string of the molecule is Cc1ccc(CNc2nncc(Nc3cccc(Cl)c3Cl)n2)cc1. The van der Waals surface area contributed by atoms with Crippen LogP contribution >= 0.6 is 23.2 Å². The number of hydrogen-bond donors (Lipinski definition) is 2. The molecule has 24 heavy (non-hydrogen) atoms. The first-order valence-electron chi connectivity index (χ1n) is 7.32. The lowest BCUT2D eigenvalue weighted by molar-refractivity contribution is 0.948. The molecule has 0 unspecified atom stereocenters. The second-order valence-electron chi connectivity index (χ2n) is 5.23. The topological polar surface area (TPSA) is 62.7 Å². The van der Waals surface area contributed by atoms with Crippen molar-refractivity contribution in [3.8, 4) is 0 Å². The maximum atomic E-state index is 6.16. The van der Waals surface area contributed by atoms with Crippen LogP contribution in [-0.2, 0) is 6.54 Å². The van der Waals surface area contributed by atoms with Crippen molar-refractivity contribution in [1.82, 2.24) is 15.2 Å². The zero-order valence-corrected chi connectivity index (χ0v) is 14.4. The molecule has 2 aromatic carbocycles. The normalized spacial score (nSPS) is 10.5. The molecule has 0 bridgehead atoms. The number of anilines is 3. The van der Waals surface area contributed by atoms with E-state index in [0.717, 1.165) is 5.56 Å². The molecule has 0 spiro atoms. The van der Waals surface area contributed by atoms with Crippen molar-refractivity contribution in [3.63, 3.8) is 0 Å². The van der Waals surface area contributed by atoms with Crippen LogP contribution in [0.1, 0.15) is 11.1 Å². The van der Waals surface area contributed by atoms with E-state index in [1.165, 1.54) is 11.8 Å². The van der Waals surface area contributed by atoms with E-state index in [1.54, 1.807) is 6.07 Å². The van der Waals surface area contributed by atoms with Crippen LogP contribution in [0, 0.1) is 6.92 Å². The fraction of sp³-hybridized carbons (Fsp3) is 0.118. The third kappa shape index (κ3) is 4.13. The van der Waals surface area contributed by atoms with Gasteiger partial charge < -0.3 is 10.6 Å². The third-order valence-corrected chi connectivity index (χ3v) is 4.16. The van der Waals surface area contributed by atoms with E-state index in [1.807, 2.05) is 12.1 Å². The third-order valence-electron chi connectivity index (χ3n) is 3.34. The van der Waals surface area contributed by atoms with Crippen LogP contribution in [0.2, 0.25) is 10.0 Å². The van der Waals surface area contributed by atoms with Crippen LogP contribution in [0.15, 0.2) is 48.7 Å². The molecule has 5 nitrogen and oxygen atoms in total. The molecule has 0 saturated heterocycles. The van der Waals surface area contributed by atoms with Gasteiger partial charge in [0.05, 0.1) is 21.9 Å². The van der Waals surface area contributed by atoms with Crippen molar-refractivity contribution in [3.05, 3.63) is 69.8 Å². The molecular weight excluding hydrogens is 345 g/mol. The maximum Gasteiger partial charge on any atom is 0.244 e. The van der Waals surface area contributed by atoms with Crippen molar-refractivity contribution in [1.29, 1.82) is 0 Å². The van der Waals surface area contributed by atoms with Gasteiger partial charge in [-0.1, -0.05) is 59.1 Å². The van der Waals surface area contributed by atoms with E-state index in [4.69, 9.17) is 23.2 Å². The monoisotopic (exact) mass is 359 g/mol. The zero-order chi connectivity index (χ0) is 16.9. The van der Waals surface area contributed by atoms with E-state index >= 15 is 0 Å². The Balaban J connectivity index is 1.69. The highest BCUT2D eigenvalue weighted by Gasteiger charge is 2.06. The standard InChI is InChI=1S/C17H15Cl2N5/c1-11-5-7-12(8-6-11)9-20-17-23-15(10-21-24-17)22-14-4-2-3-13(18)16(14)19/h2-8,10H,9H2,1H3,(H2,20,22,23,24). The van der Waals surface area contributed by atoms with Gasteiger partial charge in [0, 0.05) is 6.54 Å². The molecule has 3 aromatic rings. The summed E-state index contributed by atoms with van der Waals surface area (Å²) in [6.07, 6.45) is 1.52. The number of aromatic nitrogens is 3. The Morgan fingerprint density at radius 2 is 1.83 bits per heavy atom. The Morgan fingerprint density at radius 1 is 1.04 bits per heavy atom. The first kappa shape index (κ1) is 16.5. The highest BCUT2D eigenvalue weighted by molar-refractivity contribution is 6.43. The molecule has 0 radical (unpaired) electrons. The van der Waals surface area contributed by atoms with Gasteiger partial charge in [-0.3, -0.25) is 0 Å². The fourth-order valence-corrected chi connectivity index (χ4v) is 2.41. The summed E-state index contributed by atoms with van der Waals surface area (Å²) in [5.74, 6) is 0.958. The number of aryl methyl sites for hydroxylation is 1. The lowest BCUT2D eigenvalue weighted by Crippen LogP contribution is -2.06. The number of rotatable bonds is 5. The minimum atomic E-state index is 0.429. The summed E-state index contributed by atoms with van der Waals surface area (Å²) in [6.45, 7) is 2.67. The summed E-state index contributed by atoms with van der Waals surface area (Å²) in [5.41, 5.74) is 3.02.